The van der Waals surface area contributed by atoms with Crippen LogP contribution in [0.1, 0.15) is 18.4 Å². The van der Waals surface area contributed by atoms with E-state index in [-0.39, 0.29) is 6.04 Å². The van der Waals surface area contributed by atoms with Crippen LogP contribution >= 0.6 is 0 Å². The molecule has 3 unspecified atom stereocenters. The normalized spacial score (nSPS) is 32.8. The van der Waals surface area contributed by atoms with E-state index in [2.05, 4.69) is 51.4 Å². The molecule has 1 aliphatic rings. The number of hydrogen-bond acceptors (Lipinski definition) is 1. The molecule has 1 aliphatic heterocycles. The van der Waals surface area contributed by atoms with E-state index >= 15 is 0 Å². The molecular weight excluding hydrogens is 184 g/mol. The average molecular weight is 201 g/mol. The number of nitriles is 1. The third-order valence-corrected chi connectivity index (χ3v) is 3.94. The highest BCUT2D eigenvalue weighted by molar-refractivity contribution is 5.27. The van der Waals surface area contributed by atoms with Gasteiger partial charge in [0.05, 0.1) is 14.1 Å². The fraction of sp³-hybridized carbons (Fsp3) is 0.462. The quantitative estimate of drug-likeness (QED) is 0.639. The summed E-state index contributed by atoms with van der Waals surface area (Å²) >= 11 is 0. The van der Waals surface area contributed by atoms with Gasteiger partial charge in [-0.15, -0.1) is 0 Å². The van der Waals surface area contributed by atoms with Gasteiger partial charge in [0.25, 0.3) is 0 Å². The Morgan fingerprint density at radius 1 is 1.20 bits per heavy atom. The van der Waals surface area contributed by atoms with Gasteiger partial charge in [-0.05, 0) is 12.5 Å². The highest BCUT2D eigenvalue weighted by Crippen LogP contribution is 2.43. The van der Waals surface area contributed by atoms with E-state index in [1.165, 1.54) is 5.56 Å². The number of likely N-dealkylation sites (tertiary alicyclic amines) is 1. The van der Waals surface area contributed by atoms with Gasteiger partial charge in [-0.1, -0.05) is 30.3 Å². The molecule has 1 aromatic rings. The first kappa shape index (κ1) is 10.2. The van der Waals surface area contributed by atoms with Gasteiger partial charge in [0.2, 0.25) is 0 Å². The van der Waals surface area contributed by atoms with Crippen LogP contribution in [0.25, 0.3) is 0 Å². The molecule has 0 spiro atoms. The zero-order valence-corrected chi connectivity index (χ0v) is 9.51. The fourth-order valence-corrected chi connectivity index (χ4v) is 2.61. The summed E-state index contributed by atoms with van der Waals surface area (Å²) in [6.07, 6.45) is 0. The standard InChI is InChI=1S/C13H17N2/c1-10-13(11-7-5-4-6-8-11)12(9-14)15(10,2)3/h4-8,10,12-13H,1-3H3/q+1. The van der Waals surface area contributed by atoms with E-state index in [1.807, 2.05) is 6.07 Å². The summed E-state index contributed by atoms with van der Waals surface area (Å²) in [6.45, 7) is 2.23. The summed E-state index contributed by atoms with van der Waals surface area (Å²) in [5, 5.41) is 9.21. The van der Waals surface area contributed by atoms with E-state index in [9.17, 15) is 5.26 Å². The number of quaternary nitrogens is 1. The van der Waals surface area contributed by atoms with Crippen LogP contribution < -0.4 is 0 Å². The first-order chi connectivity index (χ1) is 7.09. The SMILES string of the molecule is CC1C(c2ccccc2)C(C#N)[N+]1(C)C. The van der Waals surface area contributed by atoms with Gasteiger partial charge in [0.15, 0.2) is 6.04 Å². The van der Waals surface area contributed by atoms with Crippen molar-refractivity contribution in [2.75, 3.05) is 14.1 Å². The Kier molecular flexibility index (Phi) is 2.28. The molecule has 0 aromatic heterocycles. The minimum Gasteiger partial charge on any atom is -0.311 e. The molecule has 0 bridgehead atoms. The average Bonchev–Trinajstić information content (AvgIpc) is 2.25. The fourth-order valence-electron chi connectivity index (χ4n) is 2.61. The zero-order valence-electron chi connectivity index (χ0n) is 9.51. The smallest absolute Gasteiger partial charge is 0.188 e. The second kappa shape index (κ2) is 3.36. The molecule has 1 aromatic carbocycles. The van der Waals surface area contributed by atoms with Gasteiger partial charge in [0, 0.05) is 0 Å². The van der Waals surface area contributed by atoms with Gasteiger partial charge in [-0.25, -0.2) is 0 Å². The van der Waals surface area contributed by atoms with Gasteiger partial charge in [0.1, 0.15) is 18.0 Å². The third kappa shape index (κ3) is 1.35. The summed E-state index contributed by atoms with van der Waals surface area (Å²) in [4.78, 5) is 0. The molecule has 1 saturated heterocycles. The van der Waals surface area contributed by atoms with Crippen molar-refractivity contribution in [3.8, 4) is 6.07 Å². The maximum absolute atomic E-state index is 9.21. The number of benzene rings is 1. The predicted octanol–water partition coefficient (Wildman–Crippen LogP) is 2.14. The molecule has 2 rings (SSSR count). The van der Waals surface area contributed by atoms with Crippen molar-refractivity contribution in [2.45, 2.75) is 24.9 Å². The monoisotopic (exact) mass is 201 g/mol. The molecule has 1 heterocycles. The minimum atomic E-state index is 0.0994. The van der Waals surface area contributed by atoms with Gasteiger partial charge in [-0.3, -0.25) is 0 Å². The lowest BCUT2D eigenvalue weighted by Crippen LogP contribution is -2.70. The largest absolute Gasteiger partial charge is 0.311 e. The molecule has 0 amide bonds. The molecule has 2 heteroatoms. The van der Waals surface area contributed by atoms with Gasteiger partial charge >= 0.3 is 0 Å². The topological polar surface area (TPSA) is 23.8 Å². The van der Waals surface area contributed by atoms with Crippen molar-refractivity contribution in [3.05, 3.63) is 35.9 Å². The van der Waals surface area contributed by atoms with Crippen LogP contribution in [-0.2, 0) is 0 Å². The lowest BCUT2D eigenvalue weighted by atomic mass is 9.74. The molecule has 0 N–H and O–H groups in total. The van der Waals surface area contributed by atoms with Gasteiger partial charge < -0.3 is 4.48 Å². The van der Waals surface area contributed by atoms with E-state index in [0.29, 0.717) is 12.0 Å². The first-order valence-corrected chi connectivity index (χ1v) is 5.37. The van der Waals surface area contributed by atoms with E-state index in [4.69, 9.17) is 0 Å². The Morgan fingerprint density at radius 2 is 1.80 bits per heavy atom. The number of hydrogen-bond donors (Lipinski definition) is 0. The second-order valence-electron chi connectivity index (χ2n) is 4.88. The van der Waals surface area contributed by atoms with Crippen molar-refractivity contribution in [3.63, 3.8) is 0 Å². The number of likely N-dealkylation sites (N-methyl/N-ethyl adjacent to an activating group) is 1. The Balaban J connectivity index is 2.30. The van der Waals surface area contributed by atoms with E-state index < -0.39 is 0 Å². The van der Waals surface area contributed by atoms with Crippen LogP contribution in [-0.4, -0.2) is 30.7 Å². The summed E-state index contributed by atoms with van der Waals surface area (Å²) in [7, 11) is 4.27. The number of nitrogens with zero attached hydrogens (tertiary/aromatic N) is 2. The minimum absolute atomic E-state index is 0.0994. The van der Waals surface area contributed by atoms with Crippen LogP contribution in [0.3, 0.4) is 0 Å². The van der Waals surface area contributed by atoms with Gasteiger partial charge in [-0.2, -0.15) is 5.26 Å². The maximum Gasteiger partial charge on any atom is 0.188 e. The maximum atomic E-state index is 9.21. The van der Waals surface area contributed by atoms with Crippen molar-refractivity contribution in [2.24, 2.45) is 0 Å². The third-order valence-electron chi connectivity index (χ3n) is 3.94. The molecule has 0 saturated carbocycles. The second-order valence-corrected chi connectivity index (χ2v) is 4.88. The van der Waals surface area contributed by atoms with E-state index in [0.717, 1.165) is 4.48 Å². The lowest BCUT2D eigenvalue weighted by molar-refractivity contribution is -0.975. The molecular formula is C13H17N2+. The van der Waals surface area contributed by atoms with Crippen LogP contribution in [0.15, 0.2) is 30.3 Å². The van der Waals surface area contributed by atoms with Crippen LogP contribution in [0.2, 0.25) is 0 Å². The van der Waals surface area contributed by atoms with Crippen molar-refractivity contribution in [1.29, 1.82) is 5.26 Å². The number of rotatable bonds is 1. The molecule has 0 radical (unpaired) electrons. The molecule has 3 atom stereocenters. The summed E-state index contributed by atoms with van der Waals surface area (Å²) in [5.41, 5.74) is 1.30. The van der Waals surface area contributed by atoms with Crippen LogP contribution in [0, 0.1) is 11.3 Å². The van der Waals surface area contributed by atoms with E-state index in [1.54, 1.807) is 0 Å². The van der Waals surface area contributed by atoms with Crippen molar-refractivity contribution >= 4 is 0 Å². The van der Waals surface area contributed by atoms with Crippen molar-refractivity contribution < 1.29 is 4.48 Å². The first-order valence-electron chi connectivity index (χ1n) is 5.37. The highest BCUT2D eigenvalue weighted by Gasteiger charge is 2.56. The molecule has 15 heavy (non-hydrogen) atoms. The summed E-state index contributed by atoms with van der Waals surface area (Å²) < 4.78 is 0.816. The van der Waals surface area contributed by atoms with Crippen LogP contribution in [0.4, 0.5) is 0 Å². The Labute approximate surface area is 91.3 Å². The Bertz CT molecular complexity index is 389. The van der Waals surface area contributed by atoms with Crippen LogP contribution in [0.5, 0.6) is 0 Å². The molecule has 78 valence electrons. The lowest BCUT2D eigenvalue weighted by Gasteiger charge is -2.55. The predicted molar refractivity (Wildman–Crippen MR) is 60.2 cm³/mol. The molecule has 0 aliphatic carbocycles. The molecule has 2 nitrogen and oxygen atoms in total. The highest BCUT2D eigenvalue weighted by atomic mass is 15.4. The summed E-state index contributed by atoms with van der Waals surface area (Å²) in [6, 6.07) is 13.4. The Morgan fingerprint density at radius 3 is 2.33 bits per heavy atom. The summed E-state index contributed by atoms with van der Waals surface area (Å²) in [5.74, 6) is 0.395. The Hall–Kier alpha value is -1.33. The van der Waals surface area contributed by atoms with Crippen molar-refractivity contribution in [1.82, 2.24) is 0 Å². The molecule has 1 fully saturated rings. The zero-order chi connectivity index (χ0) is 11.1.